The molecule has 2 rings (SSSR count). The van der Waals surface area contributed by atoms with Gasteiger partial charge in [0.15, 0.2) is 0 Å². The number of non-ortho nitro benzene ring substituents is 1. The van der Waals surface area contributed by atoms with Gasteiger partial charge in [-0.2, -0.15) is 0 Å². The summed E-state index contributed by atoms with van der Waals surface area (Å²) in [6.07, 6.45) is 2.94. The van der Waals surface area contributed by atoms with Crippen LogP contribution >= 0.6 is 12.4 Å². The van der Waals surface area contributed by atoms with Crippen LogP contribution in [0.4, 0.5) is 5.69 Å². The summed E-state index contributed by atoms with van der Waals surface area (Å²) in [5.74, 6) is 0. The first-order valence-electron chi connectivity index (χ1n) is 6.41. The van der Waals surface area contributed by atoms with Gasteiger partial charge in [-0.05, 0) is 31.7 Å². The molecule has 0 aliphatic heterocycles. The molecule has 9 heteroatoms. The third-order valence-electron chi connectivity index (χ3n) is 3.43. The molecule has 0 bridgehead atoms. The smallest absolute Gasteiger partial charge is 0.270 e. The Morgan fingerprint density at radius 1 is 1.24 bits per heavy atom. The van der Waals surface area contributed by atoms with Crippen LogP contribution in [0.3, 0.4) is 0 Å². The summed E-state index contributed by atoms with van der Waals surface area (Å²) in [5, 5.41) is 10.7. The molecule has 21 heavy (non-hydrogen) atoms. The van der Waals surface area contributed by atoms with Gasteiger partial charge in [0.05, 0.1) is 9.82 Å². The Morgan fingerprint density at radius 3 is 2.43 bits per heavy atom. The molecule has 3 N–H and O–H groups in total. The second-order valence-electron chi connectivity index (χ2n) is 4.99. The molecule has 1 fully saturated rings. The van der Waals surface area contributed by atoms with Gasteiger partial charge in [-0.3, -0.25) is 10.1 Å². The van der Waals surface area contributed by atoms with Crippen molar-refractivity contribution < 1.29 is 13.3 Å². The van der Waals surface area contributed by atoms with E-state index in [-0.39, 0.29) is 35.1 Å². The number of nitro benzene ring substituents is 1. The lowest BCUT2D eigenvalue weighted by Crippen LogP contribution is -2.40. The maximum atomic E-state index is 12.2. The van der Waals surface area contributed by atoms with E-state index in [0.29, 0.717) is 12.8 Å². The first kappa shape index (κ1) is 17.8. The summed E-state index contributed by atoms with van der Waals surface area (Å²) in [5.41, 5.74) is 5.54. The van der Waals surface area contributed by atoms with Gasteiger partial charge < -0.3 is 5.73 Å². The Kier molecular flexibility index (Phi) is 6.09. The Labute approximate surface area is 129 Å². The number of nitrogens with one attached hydrogen (secondary N) is 1. The Bertz CT molecular complexity index is 600. The van der Waals surface area contributed by atoms with E-state index in [9.17, 15) is 18.5 Å². The van der Waals surface area contributed by atoms with E-state index in [4.69, 9.17) is 5.73 Å². The van der Waals surface area contributed by atoms with E-state index in [2.05, 4.69) is 4.72 Å². The van der Waals surface area contributed by atoms with E-state index in [1.807, 2.05) is 0 Å². The number of halogens is 1. The van der Waals surface area contributed by atoms with Gasteiger partial charge in [0.2, 0.25) is 10.0 Å². The van der Waals surface area contributed by atoms with Crippen LogP contribution in [0.2, 0.25) is 0 Å². The van der Waals surface area contributed by atoms with Crippen molar-refractivity contribution in [3.05, 3.63) is 34.4 Å². The standard InChI is InChI=1S/C12H17N3O4S.ClH/c13-9-4-6-10(7-5-9)14-20(18,19)12-3-1-2-11(8-12)15(16)17;/h1-3,8-10,14H,4-7,13H2;1H. The van der Waals surface area contributed by atoms with Crippen LogP contribution in [0.25, 0.3) is 0 Å². The maximum absolute atomic E-state index is 12.2. The fourth-order valence-corrected chi connectivity index (χ4v) is 3.63. The molecule has 0 spiro atoms. The van der Waals surface area contributed by atoms with E-state index in [1.54, 1.807) is 0 Å². The maximum Gasteiger partial charge on any atom is 0.270 e. The van der Waals surface area contributed by atoms with Crippen molar-refractivity contribution in [2.24, 2.45) is 5.73 Å². The molecule has 1 aliphatic rings. The van der Waals surface area contributed by atoms with Crippen molar-refractivity contribution in [2.45, 2.75) is 42.7 Å². The van der Waals surface area contributed by atoms with Crippen LogP contribution < -0.4 is 10.5 Å². The molecule has 0 unspecified atom stereocenters. The fourth-order valence-electron chi connectivity index (χ4n) is 2.29. The summed E-state index contributed by atoms with van der Waals surface area (Å²) in [6.45, 7) is 0. The van der Waals surface area contributed by atoms with Gasteiger partial charge in [-0.15, -0.1) is 12.4 Å². The predicted octanol–water partition coefficient (Wildman–Crippen LogP) is 1.56. The second kappa shape index (κ2) is 7.17. The van der Waals surface area contributed by atoms with Crippen LogP contribution in [0.5, 0.6) is 0 Å². The second-order valence-corrected chi connectivity index (χ2v) is 6.70. The minimum Gasteiger partial charge on any atom is -0.328 e. The zero-order valence-corrected chi connectivity index (χ0v) is 12.9. The minimum atomic E-state index is -3.73. The van der Waals surface area contributed by atoms with Gasteiger partial charge in [0.1, 0.15) is 0 Å². The molecule has 1 aromatic carbocycles. The van der Waals surface area contributed by atoms with E-state index in [0.717, 1.165) is 18.9 Å². The highest BCUT2D eigenvalue weighted by Gasteiger charge is 2.25. The van der Waals surface area contributed by atoms with Crippen LogP contribution in [0.15, 0.2) is 29.2 Å². The first-order chi connectivity index (χ1) is 9.38. The largest absolute Gasteiger partial charge is 0.328 e. The molecule has 0 heterocycles. The summed E-state index contributed by atoms with van der Waals surface area (Å²) in [4.78, 5) is 9.99. The Morgan fingerprint density at radius 2 is 1.86 bits per heavy atom. The average molecular weight is 336 g/mol. The third kappa shape index (κ3) is 4.63. The molecule has 1 aromatic rings. The van der Waals surface area contributed by atoms with Gasteiger partial charge in [-0.1, -0.05) is 6.07 Å². The van der Waals surface area contributed by atoms with E-state index >= 15 is 0 Å². The average Bonchev–Trinajstić information content (AvgIpc) is 2.41. The number of sulfonamides is 1. The van der Waals surface area contributed by atoms with Crippen molar-refractivity contribution in [3.63, 3.8) is 0 Å². The van der Waals surface area contributed by atoms with Crippen molar-refractivity contribution in [3.8, 4) is 0 Å². The predicted molar refractivity (Wildman–Crippen MR) is 80.9 cm³/mol. The van der Waals surface area contributed by atoms with Gasteiger partial charge in [-0.25, -0.2) is 13.1 Å². The van der Waals surface area contributed by atoms with Crippen molar-refractivity contribution in [2.75, 3.05) is 0 Å². The van der Waals surface area contributed by atoms with Crippen LogP contribution in [-0.4, -0.2) is 25.4 Å². The normalized spacial score (nSPS) is 22.3. The number of benzene rings is 1. The van der Waals surface area contributed by atoms with Gasteiger partial charge >= 0.3 is 0 Å². The highest BCUT2D eigenvalue weighted by molar-refractivity contribution is 7.89. The molecule has 0 amide bonds. The Balaban J connectivity index is 0.00000220. The molecular formula is C12H18ClN3O4S. The quantitative estimate of drug-likeness (QED) is 0.640. The zero-order chi connectivity index (χ0) is 14.8. The monoisotopic (exact) mass is 335 g/mol. The zero-order valence-electron chi connectivity index (χ0n) is 11.3. The highest BCUT2D eigenvalue weighted by Crippen LogP contribution is 2.21. The molecule has 118 valence electrons. The molecular weight excluding hydrogens is 318 g/mol. The molecule has 1 saturated carbocycles. The summed E-state index contributed by atoms with van der Waals surface area (Å²) in [6, 6.07) is 5.02. The molecule has 1 aliphatic carbocycles. The van der Waals surface area contributed by atoms with Crippen LogP contribution in [0, 0.1) is 10.1 Å². The van der Waals surface area contributed by atoms with Gasteiger partial charge in [0.25, 0.3) is 5.69 Å². The van der Waals surface area contributed by atoms with Crippen molar-refractivity contribution in [1.29, 1.82) is 0 Å². The molecule has 0 atom stereocenters. The number of nitrogens with two attached hydrogens (primary N) is 1. The summed E-state index contributed by atoms with van der Waals surface area (Å²) in [7, 11) is -3.73. The van der Waals surface area contributed by atoms with Crippen molar-refractivity contribution >= 4 is 28.1 Å². The molecule has 7 nitrogen and oxygen atoms in total. The van der Waals surface area contributed by atoms with E-state index < -0.39 is 14.9 Å². The number of rotatable bonds is 4. The lowest BCUT2D eigenvalue weighted by atomic mass is 9.93. The number of nitro groups is 1. The SMILES string of the molecule is Cl.NC1CCC(NS(=O)(=O)c2cccc([N+](=O)[O-])c2)CC1. The van der Waals surface area contributed by atoms with E-state index in [1.165, 1.54) is 18.2 Å². The number of hydrogen-bond acceptors (Lipinski definition) is 5. The first-order valence-corrected chi connectivity index (χ1v) is 7.89. The minimum absolute atomic E-state index is 0. The van der Waals surface area contributed by atoms with Gasteiger partial charge in [0, 0.05) is 24.2 Å². The lowest BCUT2D eigenvalue weighted by Gasteiger charge is -2.26. The number of nitrogens with zero attached hydrogens (tertiary/aromatic N) is 1. The summed E-state index contributed by atoms with van der Waals surface area (Å²) >= 11 is 0. The third-order valence-corrected chi connectivity index (χ3v) is 4.95. The lowest BCUT2D eigenvalue weighted by molar-refractivity contribution is -0.385. The Hall–Kier alpha value is -1.22. The fraction of sp³-hybridized carbons (Fsp3) is 0.500. The molecule has 0 aromatic heterocycles. The summed E-state index contributed by atoms with van der Waals surface area (Å²) < 4.78 is 27.0. The van der Waals surface area contributed by atoms with Crippen molar-refractivity contribution in [1.82, 2.24) is 4.72 Å². The number of hydrogen-bond donors (Lipinski definition) is 2. The van der Waals surface area contributed by atoms with Crippen LogP contribution in [-0.2, 0) is 10.0 Å². The molecule has 0 saturated heterocycles. The molecule has 0 radical (unpaired) electrons. The topological polar surface area (TPSA) is 115 Å². The van der Waals surface area contributed by atoms with Crippen LogP contribution in [0.1, 0.15) is 25.7 Å². The highest BCUT2D eigenvalue weighted by atomic mass is 35.5.